The molecule has 150 valence electrons. The van der Waals surface area contributed by atoms with Crippen molar-refractivity contribution in [2.75, 3.05) is 13.2 Å². The fourth-order valence-corrected chi connectivity index (χ4v) is 1.63. The van der Waals surface area contributed by atoms with Crippen molar-refractivity contribution in [3.05, 3.63) is 18.2 Å². The van der Waals surface area contributed by atoms with E-state index in [0.29, 0.717) is 0 Å². The first-order chi connectivity index (χ1) is 12.7. The molecule has 0 radical (unpaired) electrons. The third-order valence-corrected chi connectivity index (χ3v) is 2.89. The molecule has 0 fully saturated rings. The predicted octanol–water partition coefficient (Wildman–Crippen LogP) is 4.34. The maximum atomic E-state index is 11.8. The average molecular weight is 382 g/mol. The summed E-state index contributed by atoms with van der Waals surface area (Å²) in [4.78, 5) is 35.1. The van der Waals surface area contributed by atoms with E-state index in [-0.39, 0.29) is 48.7 Å². The highest BCUT2D eigenvalue weighted by atomic mass is 16.7. The van der Waals surface area contributed by atoms with Crippen LogP contribution >= 0.6 is 0 Å². The van der Waals surface area contributed by atoms with Crippen molar-refractivity contribution in [1.82, 2.24) is 0 Å². The van der Waals surface area contributed by atoms with Gasteiger partial charge in [-0.3, -0.25) is 4.79 Å². The Hall–Kier alpha value is -2.77. The zero-order chi connectivity index (χ0) is 20.4. The van der Waals surface area contributed by atoms with Gasteiger partial charge < -0.3 is 23.7 Å². The number of rotatable bonds is 8. The second kappa shape index (κ2) is 11.1. The van der Waals surface area contributed by atoms with Gasteiger partial charge in [-0.15, -0.1) is 0 Å². The normalized spacial score (nSPS) is 10.5. The lowest BCUT2D eigenvalue weighted by Gasteiger charge is -2.13. The highest BCUT2D eigenvalue weighted by molar-refractivity contribution is 5.73. The van der Waals surface area contributed by atoms with Crippen molar-refractivity contribution in [2.45, 2.75) is 41.0 Å². The van der Waals surface area contributed by atoms with Crippen LogP contribution in [0.5, 0.6) is 17.2 Å². The summed E-state index contributed by atoms with van der Waals surface area (Å²) in [6.07, 6.45) is -1.74. The predicted molar refractivity (Wildman–Crippen MR) is 96.0 cm³/mol. The number of hydrogen-bond donors (Lipinski definition) is 0. The topological polar surface area (TPSA) is 97.4 Å². The molecule has 0 amide bonds. The second-order valence-corrected chi connectivity index (χ2v) is 6.55. The van der Waals surface area contributed by atoms with E-state index < -0.39 is 18.3 Å². The van der Waals surface area contributed by atoms with Crippen LogP contribution in [0.3, 0.4) is 0 Å². The van der Waals surface area contributed by atoms with E-state index in [1.165, 1.54) is 18.2 Å². The van der Waals surface area contributed by atoms with Crippen LogP contribution in [0.1, 0.15) is 41.0 Å². The van der Waals surface area contributed by atoms with E-state index in [4.69, 9.17) is 23.7 Å². The summed E-state index contributed by atoms with van der Waals surface area (Å²) in [6, 6.07) is 4.00. The summed E-state index contributed by atoms with van der Waals surface area (Å²) in [6.45, 7) is 9.49. The molecule has 0 aliphatic rings. The smallest absolute Gasteiger partial charge is 0.434 e. The fourth-order valence-electron chi connectivity index (χ4n) is 1.63. The summed E-state index contributed by atoms with van der Waals surface area (Å²) in [5.74, 6) is -0.274. The van der Waals surface area contributed by atoms with Crippen molar-refractivity contribution >= 4 is 18.3 Å². The molecule has 0 aromatic heterocycles. The highest BCUT2D eigenvalue weighted by Crippen LogP contribution is 2.32. The molecular formula is C19H26O8. The van der Waals surface area contributed by atoms with Crippen molar-refractivity contribution in [3.63, 3.8) is 0 Å². The average Bonchev–Trinajstić information content (AvgIpc) is 2.60. The van der Waals surface area contributed by atoms with Crippen molar-refractivity contribution in [2.24, 2.45) is 11.8 Å². The summed E-state index contributed by atoms with van der Waals surface area (Å²) < 4.78 is 25.1. The van der Waals surface area contributed by atoms with E-state index in [9.17, 15) is 14.4 Å². The molecule has 0 aliphatic heterocycles. The first-order valence-electron chi connectivity index (χ1n) is 8.75. The molecule has 8 heteroatoms. The van der Waals surface area contributed by atoms with E-state index in [2.05, 4.69) is 0 Å². The first-order valence-corrected chi connectivity index (χ1v) is 8.75. The monoisotopic (exact) mass is 382 g/mol. The molecule has 0 spiro atoms. The summed E-state index contributed by atoms with van der Waals surface area (Å²) >= 11 is 0. The molecule has 0 atom stereocenters. The lowest BCUT2D eigenvalue weighted by Crippen LogP contribution is -2.17. The minimum absolute atomic E-state index is 0.0680. The Labute approximate surface area is 158 Å². The standard InChI is InChI=1S/C19H26O8/c1-6-17(20)25-14-7-8-15(26-18(21)23-10-12(2)3)16(9-14)27-19(22)24-11-13(4)5/h7-9,12-13H,6,10-11H2,1-5H3. The van der Waals surface area contributed by atoms with E-state index >= 15 is 0 Å². The fraction of sp³-hybridized carbons (Fsp3) is 0.526. The second-order valence-electron chi connectivity index (χ2n) is 6.55. The SMILES string of the molecule is CCC(=O)Oc1ccc(OC(=O)OCC(C)C)c(OC(=O)OCC(C)C)c1. The molecule has 0 bridgehead atoms. The molecule has 0 unspecified atom stereocenters. The molecule has 1 aromatic carbocycles. The molecule has 0 saturated carbocycles. The van der Waals surface area contributed by atoms with Gasteiger partial charge in [-0.05, 0) is 24.0 Å². The van der Waals surface area contributed by atoms with Crippen LogP contribution in [-0.2, 0) is 14.3 Å². The summed E-state index contributed by atoms with van der Waals surface area (Å²) in [5, 5.41) is 0. The van der Waals surface area contributed by atoms with Gasteiger partial charge in [-0.25, -0.2) is 9.59 Å². The number of carbonyl (C=O) groups is 3. The summed E-state index contributed by atoms with van der Waals surface area (Å²) in [5.41, 5.74) is 0. The molecular weight excluding hydrogens is 356 g/mol. The molecule has 0 aliphatic carbocycles. The van der Waals surface area contributed by atoms with Crippen molar-refractivity contribution < 1.29 is 38.1 Å². The Morgan fingerprint density at radius 2 is 1.33 bits per heavy atom. The van der Waals surface area contributed by atoms with Crippen molar-refractivity contribution in [3.8, 4) is 17.2 Å². The Morgan fingerprint density at radius 3 is 1.81 bits per heavy atom. The van der Waals surface area contributed by atoms with Crippen LogP contribution < -0.4 is 14.2 Å². The Balaban J connectivity index is 2.93. The third kappa shape index (κ3) is 8.94. The molecule has 0 N–H and O–H groups in total. The van der Waals surface area contributed by atoms with Gasteiger partial charge in [-0.2, -0.15) is 0 Å². The zero-order valence-electron chi connectivity index (χ0n) is 16.3. The maximum absolute atomic E-state index is 11.8. The number of esters is 1. The zero-order valence-corrected chi connectivity index (χ0v) is 16.3. The van der Waals surface area contributed by atoms with Gasteiger partial charge in [0.1, 0.15) is 5.75 Å². The van der Waals surface area contributed by atoms with E-state index in [1.807, 2.05) is 27.7 Å². The van der Waals surface area contributed by atoms with Crippen LogP contribution in [0, 0.1) is 11.8 Å². The van der Waals surface area contributed by atoms with Gasteiger partial charge in [0.2, 0.25) is 0 Å². The highest BCUT2D eigenvalue weighted by Gasteiger charge is 2.18. The summed E-state index contributed by atoms with van der Waals surface area (Å²) in [7, 11) is 0. The maximum Gasteiger partial charge on any atom is 0.513 e. The number of carbonyl (C=O) groups excluding carboxylic acids is 3. The molecule has 0 heterocycles. The van der Waals surface area contributed by atoms with Gasteiger partial charge in [0.25, 0.3) is 0 Å². The third-order valence-electron chi connectivity index (χ3n) is 2.89. The molecule has 8 nitrogen and oxygen atoms in total. The molecule has 27 heavy (non-hydrogen) atoms. The lowest BCUT2D eigenvalue weighted by molar-refractivity contribution is -0.134. The van der Waals surface area contributed by atoms with Crippen LogP contribution in [0.4, 0.5) is 9.59 Å². The molecule has 1 aromatic rings. The minimum Gasteiger partial charge on any atom is -0.434 e. The molecule has 1 rings (SSSR count). The number of hydrogen-bond acceptors (Lipinski definition) is 8. The quantitative estimate of drug-likeness (QED) is 0.372. The van der Waals surface area contributed by atoms with Crippen LogP contribution in [-0.4, -0.2) is 31.5 Å². The van der Waals surface area contributed by atoms with Gasteiger partial charge in [-0.1, -0.05) is 34.6 Å². The number of benzene rings is 1. The van der Waals surface area contributed by atoms with Gasteiger partial charge in [0.15, 0.2) is 11.5 Å². The van der Waals surface area contributed by atoms with Crippen molar-refractivity contribution in [1.29, 1.82) is 0 Å². The van der Waals surface area contributed by atoms with Gasteiger partial charge in [0.05, 0.1) is 13.2 Å². The first kappa shape index (κ1) is 22.3. The Morgan fingerprint density at radius 1 is 0.815 bits per heavy atom. The Kier molecular flexibility index (Phi) is 9.12. The van der Waals surface area contributed by atoms with E-state index in [1.54, 1.807) is 6.92 Å². The van der Waals surface area contributed by atoms with Crippen LogP contribution in [0.25, 0.3) is 0 Å². The van der Waals surface area contributed by atoms with Gasteiger partial charge >= 0.3 is 18.3 Å². The number of ether oxygens (including phenoxy) is 5. The van der Waals surface area contributed by atoms with Crippen LogP contribution in [0.2, 0.25) is 0 Å². The molecule has 0 saturated heterocycles. The lowest BCUT2D eigenvalue weighted by atomic mass is 10.2. The van der Waals surface area contributed by atoms with Crippen LogP contribution in [0.15, 0.2) is 18.2 Å². The van der Waals surface area contributed by atoms with E-state index in [0.717, 1.165) is 0 Å². The largest absolute Gasteiger partial charge is 0.513 e. The Bertz CT molecular complexity index is 651. The minimum atomic E-state index is -0.969. The van der Waals surface area contributed by atoms with Gasteiger partial charge in [0, 0.05) is 12.5 Å².